The van der Waals surface area contributed by atoms with E-state index in [1.165, 1.54) is 4.90 Å². The van der Waals surface area contributed by atoms with Crippen LogP contribution in [0.4, 0.5) is 5.82 Å². The van der Waals surface area contributed by atoms with Crippen LogP contribution in [0.25, 0.3) is 0 Å². The van der Waals surface area contributed by atoms with Gasteiger partial charge in [-0.15, -0.1) is 0 Å². The zero-order valence-electron chi connectivity index (χ0n) is 22.4. The number of nitrogens with zero attached hydrogens (tertiary/aromatic N) is 4. The van der Waals surface area contributed by atoms with Crippen molar-refractivity contribution in [2.75, 3.05) is 59.4 Å². The molecule has 2 heterocycles. The van der Waals surface area contributed by atoms with Crippen LogP contribution in [0.15, 0.2) is 36.4 Å². The highest BCUT2D eigenvalue weighted by Crippen LogP contribution is 2.27. The predicted octanol–water partition coefficient (Wildman–Crippen LogP) is 4.76. The van der Waals surface area contributed by atoms with Crippen LogP contribution in [0, 0.1) is 5.92 Å². The van der Waals surface area contributed by atoms with Gasteiger partial charge in [0.25, 0.3) is 5.91 Å². The van der Waals surface area contributed by atoms with Gasteiger partial charge in [-0.2, -0.15) is 0 Å². The second-order valence-corrected chi connectivity index (χ2v) is 10.1. The van der Waals surface area contributed by atoms with Crippen molar-refractivity contribution in [3.8, 4) is 11.5 Å². The summed E-state index contributed by atoms with van der Waals surface area (Å²) in [7, 11) is 6.91. The highest BCUT2D eigenvalue weighted by atomic mass is 35.5. The highest BCUT2D eigenvalue weighted by Gasteiger charge is 2.22. The first-order valence-electron chi connectivity index (χ1n) is 12.9. The number of halogens is 1. The van der Waals surface area contributed by atoms with Gasteiger partial charge in [-0.3, -0.25) is 9.59 Å². The summed E-state index contributed by atoms with van der Waals surface area (Å²) in [5, 5.41) is 0.248. The van der Waals surface area contributed by atoms with Crippen LogP contribution in [0.1, 0.15) is 48.9 Å². The highest BCUT2D eigenvalue weighted by molar-refractivity contribution is 6.32. The van der Waals surface area contributed by atoms with E-state index in [1.54, 1.807) is 27.3 Å². The molecule has 1 aliphatic rings. The van der Waals surface area contributed by atoms with Gasteiger partial charge in [0, 0.05) is 53.3 Å². The number of aromatic nitrogens is 1. The number of rotatable bonds is 12. The third-order valence-corrected chi connectivity index (χ3v) is 7.07. The second kappa shape index (κ2) is 14.1. The van der Waals surface area contributed by atoms with Gasteiger partial charge in [0.2, 0.25) is 5.91 Å². The Morgan fingerprint density at radius 1 is 1.08 bits per heavy atom. The summed E-state index contributed by atoms with van der Waals surface area (Å²) in [5.74, 6) is 2.98. The lowest BCUT2D eigenvalue weighted by Crippen LogP contribution is -2.35. The van der Waals surface area contributed by atoms with Crippen molar-refractivity contribution in [3.63, 3.8) is 0 Å². The van der Waals surface area contributed by atoms with Crippen LogP contribution < -0.4 is 14.4 Å². The van der Waals surface area contributed by atoms with Gasteiger partial charge < -0.3 is 24.2 Å². The van der Waals surface area contributed by atoms with Crippen molar-refractivity contribution in [2.24, 2.45) is 5.92 Å². The number of pyridine rings is 1. The Morgan fingerprint density at radius 3 is 2.49 bits per heavy atom. The molecule has 0 bridgehead atoms. The summed E-state index contributed by atoms with van der Waals surface area (Å²) in [6.07, 6.45) is 5.43. The van der Waals surface area contributed by atoms with Gasteiger partial charge in [0.1, 0.15) is 22.5 Å². The predicted molar refractivity (Wildman–Crippen MR) is 147 cm³/mol. The van der Waals surface area contributed by atoms with Crippen molar-refractivity contribution in [1.82, 2.24) is 14.8 Å². The fourth-order valence-corrected chi connectivity index (χ4v) is 4.72. The lowest BCUT2D eigenvalue weighted by Gasteiger charge is -2.33. The van der Waals surface area contributed by atoms with Crippen LogP contribution in [0.5, 0.6) is 11.5 Å². The number of ether oxygens (including phenoxy) is 2. The van der Waals surface area contributed by atoms with E-state index in [0.29, 0.717) is 30.9 Å². The quantitative estimate of drug-likeness (QED) is 0.291. The molecule has 8 nitrogen and oxygen atoms in total. The molecule has 2 aromatic rings. The Balaban J connectivity index is 1.31. The molecule has 1 aliphatic heterocycles. The van der Waals surface area contributed by atoms with Gasteiger partial charge in [-0.25, -0.2) is 4.98 Å². The second-order valence-electron chi connectivity index (χ2n) is 9.73. The Kier molecular flexibility index (Phi) is 10.9. The van der Waals surface area contributed by atoms with E-state index in [-0.39, 0.29) is 17.0 Å². The monoisotopic (exact) mass is 530 g/mol. The van der Waals surface area contributed by atoms with Crippen molar-refractivity contribution in [3.05, 3.63) is 47.1 Å². The average molecular weight is 531 g/mol. The zero-order valence-corrected chi connectivity index (χ0v) is 23.2. The van der Waals surface area contributed by atoms with Crippen LogP contribution in [-0.2, 0) is 4.79 Å². The normalized spacial score (nSPS) is 13.8. The maximum Gasteiger partial charge on any atom is 0.256 e. The van der Waals surface area contributed by atoms with Gasteiger partial charge in [0.15, 0.2) is 0 Å². The molecule has 1 aromatic carbocycles. The number of amides is 2. The third-order valence-electron chi connectivity index (χ3n) is 6.79. The fourth-order valence-electron chi connectivity index (χ4n) is 4.49. The summed E-state index contributed by atoms with van der Waals surface area (Å²) < 4.78 is 10.9. The lowest BCUT2D eigenvalue weighted by atomic mass is 9.92. The first-order valence-corrected chi connectivity index (χ1v) is 13.3. The molecule has 0 saturated carbocycles. The van der Waals surface area contributed by atoms with E-state index in [1.807, 2.05) is 42.3 Å². The molecule has 1 aromatic heterocycles. The number of benzene rings is 1. The number of piperidine rings is 1. The van der Waals surface area contributed by atoms with E-state index in [9.17, 15) is 9.59 Å². The summed E-state index contributed by atoms with van der Waals surface area (Å²) in [6, 6.07) is 11.1. The number of carbonyl (C=O) groups excluding carboxylic acids is 2. The SMILES string of the molecule is COc1cccc(OCCCC(=O)N(C)CCCC2CCN(c3ccc(C(=O)N(C)C)c(Cl)n3)CC2)c1. The van der Waals surface area contributed by atoms with E-state index < -0.39 is 0 Å². The van der Waals surface area contributed by atoms with Crippen molar-refractivity contribution in [1.29, 1.82) is 0 Å². The summed E-state index contributed by atoms with van der Waals surface area (Å²) in [6.45, 7) is 3.10. The molecule has 37 heavy (non-hydrogen) atoms. The van der Waals surface area contributed by atoms with Gasteiger partial charge >= 0.3 is 0 Å². The van der Waals surface area contributed by atoms with Gasteiger partial charge in [-0.1, -0.05) is 17.7 Å². The van der Waals surface area contributed by atoms with Gasteiger partial charge in [-0.05, 0) is 62.3 Å². The molecular formula is C28H39ClN4O4. The van der Waals surface area contributed by atoms with E-state index >= 15 is 0 Å². The molecular weight excluding hydrogens is 492 g/mol. The molecule has 2 amide bonds. The van der Waals surface area contributed by atoms with Crippen LogP contribution >= 0.6 is 11.6 Å². The van der Waals surface area contributed by atoms with E-state index in [0.717, 1.165) is 62.6 Å². The largest absolute Gasteiger partial charge is 0.497 e. The van der Waals surface area contributed by atoms with Crippen LogP contribution in [-0.4, -0.2) is 81.1 Å². The maximum absolute atomic E-state index is 12.5. The number of anilines is 1. The zero-order chi connectivity index (χ0) is 26.8. The molecule has 0 aliphatic carbocycles. The molecule has 9 heteroatoms. The molecule has 0 spiro atoms. The third kappa shape index (κ3) is 8.52. The Morgan fingerprint density at radius 2 is 1.81 bits per heavy atom. The maximum atomic E-state index is 12.5. The fraction of sp³-hybridized carbons (Fsp3) is 0.536. The Labute approximate surface area is 225 Å². The molecule has 3 rings (SSSR count). The summed E-state index contributed by atoms with van der Waals surface area (Å²) >= 11 is 6.29. The smallest absolute Gasteiger partial charge is 0.256 e. The molecule has 202 valence electrons. The standard InChI is InChI=1S/C28H39ClN4O4/c1-31(2)28(35)24-12-13-25(30-27(24)29)33-17-14-21(15-18-33)8-6-16-32(3)26(34)11-7-19-37-23-10-5-9-22(20-23)36-4/h5,9-10,12-13,20-21H,6-8,11,14-19H2,1-4H3. The molecule has 0 atom stereocenters. The number of hydrogen-bond acceptors (Lipinski definition) is 6. The number of hydrogen-bond donors (Lipinski definition) is 0. The lowest BCUT2D eigenvalue weighted by molar-refractivity contribution is -0.130. The number of methoxy groups -OCH3 is 1. The minimum atomic E-state index is -0.146. The summed E-state index contributed by atoms with van der Waals surface area (Å²) in [4.78, 5) is 34.7. The van der Waals surface area contributed by atoms with E-state index in [2.05, 4.69) is 9.88 Å². The van der Waals surface area contributed by atoms with Gasteiger partial charge in [0.05, 0.1) is 19.3 Å². The first-order chi connectivity index (χ1) is 17.8. The molecule has 0 unspecified atom stereocenters. The minimum absolute atomic E-state index is 0.146. The van der Waals surface area contributed by atoms with Crippen LogP contribution in [0.3, 0.4) is 0 Å². The molecule has 0 N–H and O–H groups in total. The van der Waals surface area contributed by atoms with Crippen LogP contribution in [0.2, 0.25) is 5.15 Å². The molecule has 0 radical (unpaired) electrons. The van der Waals surface area contributed by atoms with Crippen molar-refractivity contribution in [2.45, 2.75) is 38.5 Å². The Bertz CT molecular complexity index is 1040. The van der Waals surface area contributed by atoms with E-state index in [4.69, 9.17) is 21.1 Å². The summed E-state index contributed by atoms with van der Waals surface area (Å²) in [5.41, 5.74) is 0.424. The first kappa shape index (κ1) is 28.6. The average Bonchev–Trinajstić information content (AvgIpc) is 2.91. The number of carbonyl (C=O) groups is 2. The topological polar surface area (TPSA) is 75.2 Å². The Hall–Kier alpha value is -3.00. The molecule has 1 saturated heterocycles. The minimum Gasteiger partial charge on any atom is -0.497 e. The van der Waals surface area contributed by atoms with Crippen molar-refractivity contribution >= 4 is 29.2 Å². The molecule has 1 fully saturated rings. The van der Waals surface area contributed by atoms with Crippen molar-refractivity contribution < 1.29 is 19.1 Å².